The monoisotopic (exact) mass is 289 g/mol. The van der Waals surface area contributed by atoms with Crippen LogP contribution < -0.4 is 11.3 Å². The van der Waals surface area contributed by atoms with Gasteiger partial charge in [0.05, 0.1) is 11.4 Å². The Morgan fingerprint density at radius 1 is 0.818 bits per heavy atom. The number of hydrogen-bond acceptors (Lipinski definition) is 3. The molecule has 0 aliphatic rings. The van der Waals surface area contributed by atoms with Gasteiger partial charge in [-0.15, -0.1) is 0 Å². The molecule has 4 heteroatoms. The number of amides is 1. The first kappa shape index (κ1) is 14.0. The summed E-state index contributed by atoms with van der Waals surface area (Å²) in [7, 11) is 0. The highest BCUT2D eigenvalue weighted by Crippen LogP contribution is 2.24. The smallest absolute Gasteiger partial charge is 0.265 e. The summed E-state index contributed by atoms with van der Waals surface area (Å²) in [6.07, 6.45) is 0. The molecule has 0 aliphatic carbocycles. The van der Waals surface area contributed by atoms with E-state index in [4.69, 9.17) is 5.84 Å². The van der Waals surface area contributed by atoms with Crippen molar-refractivity contribution in [2.24, 2.45) is 5.84 Å². The molecule has 0 saturated heterocycles. The standard InChI is InChI=1S/C18H15N3O/c19-21-18(22)15-11-16(13-7-3-1-4-8-13)20-17(12-15)14-9-5-2-6-10-14/h1-12H,19H2,(H,21,22). The molecule has 0 aliphatic heterocycles. The zero-order chi connectivity index (χ0) is 15.4. The number of carbonyl (C=O) groups is 1. The fourth-order valence-electron chi connectivity index (χ4n) is 2.26. The first-order valence-electron chi connectivity index (χ1n) is 6.92. The first-order valence-corrected chi connectivity index (χ1v) is 6.92. The van der Waals surface area contributed by atoms with Crippen molar-refractivity contribution in [1.29, 1.82) is 0 Å². The Bertz CT molecular complexity index is 728. The van der Waals surface area contributed by atoms with Gasteiger partial charge in [-0.3, -0.25) is 10.2 Å². The third-order valence-electron chi connectivity index (χ3n) is 3.36. The summed E-state index contributed by atoms with van der Waals surface area (Å²) in [4.78, 5) is 16.6. The van der Waals surface area contributed by atoms with Crippen LogP contribution in [0.1, 0.15) is 10.4 Å². The van der Waals surface area contributed by atoms with Crippen LogP contribution in [0.15, 0.2) is 72.8 Å². The minimum Gasteiger partial charge on any atom is -0.290 e. The molecule has 2 aromatic carbocycles. The zero-order valence-electron chi connectivity index (χ0n) is 11.9. The highest BCUT2D eigenvalue weighted by molar-refractivity contribution is 5.96. The van der Waals surface area contributed by atoms with E-state index in [-0.39, 0.29) is 5.91 Å². The van der Waals surface area contributed by atoms with Crippen molar-refractivity contribution in [3.63, 3.8) is 0 Å². The van der Waals surface area contributed by atoms with E-state index in [2.05, 4.69) is 10.4 Å². The number of nitrogens with one attached hydrogen (secondary N) is 1. The van der Waals surface area contributed by atoms with Crippen molar-refractivity contribution in [2.75, 3.05) is 0 Å². The molecular weight excluding hydrogens is 274 g/mol. The summed E-state index contributed by atoms with van der Waals surface area (Å²) in [6.45, 7) is 0. The number of aromatic nitrogens is 1. The van der Waals surface area contributed by atoms with Crippen LogP contribution in [-0.4, -0.2) is 10.9 Å². The lowest BCUT2D eigenvalue weighted by atomic mass is 10.0. The van der Waals surface area contributed by atoms with E-state index in [0.29, 0.717) is 5.56 Å². The summed E-state index contributed by atoms with van der Waals surface area (Å²) in [5.41, 5.74) is 6.03. The van der Waals surface area contributed by atoms with E-state index in [1.165, 1.54) is 0 Å². The fourth-order valence-corrected chi connectivity index (χ4v) is 2.26. The van der Waals surface area contributed by atoms with Gasteiger partial charge in [0.15, 0.2) is 0 Å². The van der Waals surface area contributed by atoms with Crippen LogP contribution >= 0.6 is 0 Å². The fraction of sp³-hybridized carbons (Fsp3) is 0. The molecule has 0 unspecified atom stereocenters. The van der Waals surface area contributed by atoms with Crippen molar-refractivity contribution in [2.45, 2.75) is 0 Å². The molecule has 3 rings (SSSR count). The highest BCUT2D eigenvalue weighted by Gasteiger charge is 2.11. The maximum absolute atomic E-state index is 11.9. The van der Waals surface area contributed by atoms with Crippen LogP contribution in [0, 0.1) is 0 Å². The van der Waals surface area contributed by atoms with E-state index in [0.717, 1.165) is 22.5 Å². The Balaban J connectivity index is 2.17. The molecule has 0 fully saturated rings. The van der Waals surface area contributed by atoms with E-state index in [9.17, 15) is 4.79 Å². The Morgan fingerprint density at radius 3 is 1.68 bits per heavy atom. The molecule has 1 aromatic heterocycles. The molecule has 3 N–H and O–H groups in total. The molecule has 1 heterocycles. The molecule has 3 aromatic rings. The van der Waals surface area contributed by atoms with Crippen LogP contribution in [0.25, 0.3) is 22.5 Å². The molecular formula is C18H15N3O. The SMILES string of the molecule is NNC(=O)c1cc(-c2ccccc2)nc(-c2ccccc2)c1. The second-order valence-corrected chi connectivity index (χ2v) is 4.83. The lowest BCUT2D eigenvalue weighted by Crippen LogP contribution is -2.30. The number of benzene rings is 2. The van der Waals surface area contributed by atoms with Gasteiger partial charge in [0.25, 0.3) is 5.91 Å². The number of rotatable bonds is 3. The number of nitrogens with two attached hydrogens (primary N) is 1. The Labute approximate surface area is 128 Å². The van der Waals surface area contributed by atoms with Gasteiger partial charge in [0, 0.05) is 16.7 Å². The summed E-state index contributed by atoms with van der Waals surface area (Å²) in [6, 6.07) is 23.0. The van der Waals surface area contributed by atoms with E-state index in [1.54, 1.807) is 12.1 Å². The van der Waals surface area contributed by atoms with Crippen LogP contribution in [0.3, 0.4) is 0 Å². The van der Waals surface area contributed by atoms with Gasteiger partial charge in [-0.1, -0.05) is 60.7 Å². The van der Waals surface area contributed by atoms with Crippen LogP contribution in [0.4, 0.5) is 0 Å². The highest BCUT2D eigenvalue weighted by atomic mass is 16.2. The Kier molecular flexibility index (Phi) is 3.94. The number of nitrogen functional groups attached to an aromatic ring is 1. The minimum absolute atomic E-state index is 0.336. The van der Waals surface area contributed by atoms with Crippen LogP contribution in [0.2, 0.25) is 0 Å². The molecule has 0 saturated carbocycles. The van der Waals surface area contributed by atoms with Gasteiger partial charge in [0.1, 0.15) is 0 Å². The van der Waals surface area contributed by atoms with Crippen molar-refractivity contribution < 1.29 is 4.79 Å². The molecule has 4 nitrogen and oxygen atoms in total. The van der Waals surface area contributed by atoms with Crippen molar-refractivity contribution in [3.05, 3.63) is 78.4 Å². The summed E-state index contributed by atoms with van der Waals surface area (Å²) in [5.74, 6) is 4.93. The van der Waals surface area contributed by atoms with Crippen LogP contribution in [0.5, 0.6) is 0 Å². The molecule has 1 amide bonds. The van der Waals surface area contributed by atoms with E-state index in [1.807, 2.05) is 60.7 Å². The lowest BCUT2D eigenvalue weighted by molar-refractivity contribution is 0.0953. The third kappa shape index (κ3) is 2.87. The van der Waals surface area contributed by atoms with Gasteiger partial charge >= 0.3 is 0 Å². The molecule has 0 bridgehead atoms. The average Bonchev–Trinajstić information content (AvgIpc) is 2.62. The molecule has 108 valence electrons. The maximum Gasteiger partial charge on any atom is 0.265 e. The average molecular weight is 289 g/mol. The van der Waals surface area contributed by atoms with E-state index >= 15 is 0 Å². The molecule has 0 atom stereocenters. The third-order valence-corrected chi connectivity index (χ3v) is 3.36. The molecule has 0 radical (unpaired) electrons. The second kappa shape index (κ2) is 6.20. The normalized spacial score (nSPS) is 10.2. The van der Waals surface area contributed by atoms with Gasteiger partial charge in [-0.05, 0) is 12.1 Å². The first-order chi connectivity index (χ1) is 10.8. The lowest BCUT2D eigenvalue weighted by Gasteiger charge is -2.09. The number of carbonyl (C=O) groups excluding carboxylic acids is 1. The minimum atomic E-state index is -0.336. The second-order valence-electron chi connectivity index (χ2n) is 4.83. The van der Waals surface area contributed by atoms with Crippen molar-refractivity contribution >= 4 is 5.91 Å². The maximum atomic E-state index is 11.9. The van der Waals surface area contributed by atoms with Gasteiger partial charge in [-0.2, -0.15) is 0 Å². The Morgan fingerprint density at radius 2 is 1.27 bits per heavy atom. The summed E-state index contributed by atoms with van der Waals surface area (Å²) < 4.78 is 0. The predicted octanol–water partition coefficient (Wildman–Crippen LogP) is 3.02. The number of hydrogen-bond donors (Lipinski definition) is 2. The van der Waals surface area contributed by atoms with Crippen molar-refractivity contribution in [3.8, 4) is 22.5 Å². The molecule has 0 spiro atoms. The largest absolute Gasteiger partial charge is 0.290 e. The predicted molar refractivity (Wildman–Crippen MR) is 86.8 cm³/mol. The van der Waals surface area contributed by atoms with Crippen molar-refractivity contribution in [1.82, 2.24) is 10.4 Å². The zero-order valence-corrected chi connectivity index (χ0v) is 11.9. The number of pyridine rings is 1. The van der Waals surface area contributed by atoms with Crippen LogP contribution in [-0.2, 0) is 0 Å². The van der Waals surface area contributed by atoms with E-state index < -0.39 is 0 Å². The van der Waals surface area contributed by atoms with Gasteiger partial charge < -0.3 is 0 Å². The van der Waals surface area contributed by atoms with Gasteiger partial charge in [0.2, 0.25) is 0 Å². The summed E-state index contributed by atoms with van der Waals surface area (Å²) in [5, 5.41) is 0. The topological polar surface area (TPSA) is 68.0 Å². The Hall–Kier alpha value is -2.98. The molecule has 22 heavy (non-hydrogen) atoms. The quantitative estimate of drug-likeness (QED) is 0.442. The summed E-state index contributed by atoms with van der Waals surface area (Å²) >= 11 is 0. The number of hydrazine groups is 1. The van der Waals surface area contributed by atoms with Gasteiger partial charge in [-0.25, -0.2) is 10.8 Å². The number of nitrogens with zero attached hydrogens (tertiary/aromatic N) is 1.